The van der Waals surface area contributed by atoms with Gasteiger partial charge in [-0.05, 0) is 12.1 Å². The molecule has 0 saturated carbocycles. The molecule has 0 N–H and O–H groups in total. The van der Waals surface area contributed by atoms with Crippen molar-refractivity contribution in [2.75, 3.05) is 33.4 Å². The molecule has 0 amide bonds. The van der Waals surface area contributed by atoms with Gasteiger partial charge >= 0.3 is 0 Å². The first-order valence-electron chi connectivity index (χ1n) is 5.33. The van der Waals surface area contributed by atoms with Crippen molar-refractivity contribution < 1.29 is 9.47 Å². The van der Waals surface area contributed by atoms with Gasteiger partial charge in [-0.15, -0.1) is 0 Å². The Hall–Kier alpha value is -1.13. The summed E-state index contributed by atoms with van der Waals surface area (Å²) in [5, 5.41) is 0. The highest BCUT2D eigenvalue weighted by Gasteiger charge is 2.17. The fourth-order valence-electron chi connectivity index (χ4n) is 1.76. The molecule has 1 heterocycles. The Kier molecular flexibility index (Phi) is 3.74. The Bertz CT molecular complexity index is 375. The van der Waals surface area contributed by atoms with Gasteiger partial charge < -0.3 is 14.4 Å². The Balaban J connectivity index is 2.19. The molecule has 1 aromatic carbocycles. The monoisotopic (exact) mass is 237 g/mol. The zero-order chi connectivity index (χ0) is 11.4. The van der Waals surface area contributed by atoms with Gasteiger partial charge in [0.2, 0.25) is 0 Å². The summed E-state index contributed by atoms with van der Waals surface area (Å²) in [5.74, 6) is 0.832. The average Bonchev–Trinajstić information content (AvgIpc) is 2.39. The summed E-state index contributed by atoms with van der Waals surface area (Å²) in [6, 6.07) is 7.85. The number of methoxy groups -OCH3 is 1. The summed E-state index contributed by atoms with van der Waals surface area (Å²) in [6.45, 7) is 3.21. The second-order valence-electron chi connectivity index (χ2n) is 3.60. The van der Waals surface area contributed by atoms with Gasteiger partial charge in [0.1, 0.15) is 10.7 Å². The van der Waals surface area contributed by atoms with Crippen LogP contribution in [0.15, 0.2) is 24.3 Å². The topological polar surface area (TPSA) is 21.7 Å². The van der Waals surface area contributed by atoms with Crippen LogP contribution in [0.2, 0.25) is 0 Å². The first-order valence-corrected chi connectivity index (χ1v) is 5.74. The highest BCUT2D eigenvalue weighted by molar-refractivity contribution is 7.80. The standard InChI is InChI=1S/C12H15NO2S/c1-14-11-5-3-2-4-10(11)12(16)13-6-8-15-9-7-13/h2-5H,6-9H2,1H3. The van der Waals surface area contributed by atoms with E-state index in [4.69, 9.17) is 21.7 Å². The Morgan fingerprint density at radius 3 is 2.69 bits per heavy atom. The number of hydrogen-bond donors (Lipinski definition) is 0. The molecule has 0 radical (unpaired) electrons. The molecule has 0 unspecified atom stereocenters. The highest BCUT2D eigenvalue weighted by Crippen LogP contribution is 2.20. The fourth-order valence-corrected chi connectivity index (χ4v) is 2.11. The van der Waals surface area contributed by atoms with Crippen LogP contribution in [0.4, 0.5) is 0 Å². The molecule has 0 aromatic heterocycles. The van der Waals surface area contributed by atoms with E-state index in [2.05, 4.69) is 4.90 Å². The summed E-state index contributed by atoms with van der Waals surface area (Å²) >= 11 is 5.48. The van der Waals surface area contributed by atoms with Crippen molar-refractivity contribution in [3.63, 3.8) is 0 Å². The van der Waals surface area contributed by atoms with Crippen LogP contribution in [-0.2, 0) is 4.74 Å². The summed E-state index contributed by atoms with van der Waals surface area (Å²) in [6.07, 6.45) is 0. The first-order chi connectivity index (χ1) is 7.83. The summed E-state index contributed by atoms with van der Waals surface area (Å²) in [7, 11) is 1.67. The molecule has 1 fully saturated rings. The Morgan fingerprint density at radius 1 is 1.31 bits per heavy atom. The molecule has 0 spiro atoms. The van der Waals surface area contributed by atoms with Crippen LogP contribution in [0.3, 0.4) is 0 Å². The predicted octanol–water partition coefficient (Wildman–Crippen LogP) is 1.70. The lowest BCUT2D eigenvalue weighted by atomic mass is 10.2. The van der Waals surface area contributed by atoms with Crippen LogP contribution in [-0.4, -0.2) is 43.3 Å². The molecular weight excluding hydrogens is 222 g/mol. The third-order valence-corrected chi connectivity index (χ3v) is 3.11. The van der Waals surface area contributed by atoms with Gasteiger partial charge in [-0.2, -0.15) is 0 Å². The molecule has 4 heteroatoms. The van der Waals surface area contributed by atoms with Crippen LogP contribution < -0.4 is 4.74 Å². The van der Waals surface area contributed by atoms with Crippen molar-refractivity contribution in [2.45, 2.75) is 0 Å². The van der Waals surface area contributed by atoms with Gasteiger partial charge in [0, 0.05) is 13.1 Å². The number of morpholine rings is 1. The van der Waals surface area contributed by atoms with Crippen LogP contribution in [0.5, 0.6) is 5.75 Å². The number of ether oxygens (including phenoxy) is 2. The molecule has 1 saturated heterocycles. The van der Waals surface area contributed by atoms with E-state index in [1.54, 1.807) is 7.11 Å². The van der Waals surface area contributed by atoms with Crippen molar-refractivity contribution in [1.29, 1.82) is 0 Å². The van der Waals surface area contributed by atoms with Crippen LogP contribution in [0, 0.1) is 0 Å². The summed E-state index contributed by atoms with van der Waals surface area (Å²) in [5.41, 5.74) is 0.988. The maximum absolute atomic E-state index is 5.48. The number of thiocarbonyl (C=S) groups is 1. The lowest BCUT2D eigenvalue weighted by molar-refractivity contribution is 0.0692. The van der Waals surface area contributed by atoms with Crippen molar-refractivity contribution >= 4 is 17.2 Å². The average molecular weight is 237 g/mol. The van der Waals surface area contributed by atoms with Crippen molar-refractivity contribution in [2.24, 2.45) is 0 Å². The molecular formula is C12H15NO2S. The minimum atomic E-state index is 0.745. The molecule has 0 aliphatic carbocycles. The third-order valence-electron chi connectivity index (χ3n) is 2.64. The van der Waals surface area contributed by atoms with E-state index >= 15 is 0 Å². The van der Waals surface area contributed by atoms with E-state index in [0.29, 0.717) is 0 Å². The van der Waals surface area contributed by atoms with E-state index in [0.717, 1.165) is 42.6 Å². The normalized spacial score (nSPS) is 15.9. The maximum Gasteiger partial charge on any atom is 0.129 e. The van der Waals surface area contributed by atoms with Crippen molar-refractivity contribution in [1.82, 2.24) is 4.90 Å². The molecule has 3 nitrogen and oxygen atoms in total. The van der Waals surface area contributed by atoms with Gasteiger partial charge in [0.05, 0.1) is 25.9 Å². The summed E-state index contributed by atoms with van der Waals surface area (Å²) in [4.78, 5) is 3.01. The number of hydrogen-bond acceptors (Lipinski definition) is 3. The molecule has 86 valence electrons. The number of nitrogens with zero attached hydrogens (tertiary/aromatic N) is 1. The molecule has 0 atom stereocenters. The van der Waals surface area contributed by atoms with E-state index < -0.39 is 0 Å². The second kappa shape index (κ2) is 5.27. The maximum atomic E-state index is 5.48. The zero-order valence-electron chi connectivity index (χ0n) is 9.31. The predicted molar refractivity (Wildman–Crippen MR) is 67.1 cm³/mol. The van der Waals surface area contributed by atoms with Gasteiger partial charge in [-0.25, -0.2) is 0 Å². The lowest BCUT2D eigenvalue weighted by Crippen LogP contribution is -2.40. The number of para-hydroxylation sites is 1. The Labute approximate surface area is 101 Å². The van der Waals surface area contributed by atoms with Gasteiger partial charge in [-0.3, -0.25) is 0 Å². The number of benzene rings is 1. The summed E-state index contributed by atoms with van der Waals surface area (Å²) < 4.78 is 10.6. The van der Waals surface area contributed by atoms with E-state index in [1.165, 1.54) is 0 Å². The number of rotatable bonds is 2. The largest absolute Gasteiger partial charge is 0.496 e. The van der Waals surface area contributed by atoms with Crippen LogP contribution >= 0.6 is 12.2 Å². The minimum absolute atomic E-state index is 0.745. The minimum Gasteiger partial charge on any atom is -0.496 e. The molecule has 16 heavy (non-hydrogen) atoms. The quantitative estimate of drug-likeness (QED) is 0.730. The molecule has 1 aromatic rings. The Morgan fingerprint density at radius 2 is 2.00 bits per heavy atom. The lowest BCUT2D eigenvalue weighted by Gasteiger charge is -2.29. The molecule has 1 aliphatic rings. The van der Waals surface area contributed by atoms with E-state index in [9.17, 15) is 0 Å². The van der Waals surface area contributed by atoms with Crippen LogP contribution in [0.1, 0.15) is 5.56 Å². The van der Waals surface area contributed by atoms with Crippen molar-refractivity contribution in [3.8, 4) is 5.75 Å². The first kappa shape index (κ1) is 11.4. The SMILES string of the molecule is COc1ccccc1C(=S)N1CCOCC1. The van der Waals surface area contributed by atoms with Crippen LogP contribution in [0.25, 0.3) is 0 Å². The highest BCUT2D eigenvalue weighted by atomic mass is 32.1. The van der Waals surface area contributed by atoms with Gasteiger partial charge in [-0.1, -0.05) is 24.4 Å². The van der Waals surface area contributed by atoms with E-state index in [1.807, 2.05) is 24.3 Å². The molecule has 2 rings (SSSR count). The van der Waals surface area contributed by atoms with E-state index in [-0.39, 0.29) is 0 Å². The molecule has 0 bridgehead atoms. The smallest absolute Gasteiger partial charge is 0.129 e. The second-order valence-corrected chi connectivity index (χ2v) is 3.99. The molecule has 1 aliphatic heterocycles. The van der Waals surface area contributed by atoms with Gasteiger partial charge in [0.15, 0.2) is 0 Å². The van der Waals surface area contributed by atoms with Crippen molar-refractivity contribution in [3.05, 3.63) is 29.8 Å². The fraction of sp³-hybridized carbons (Fsp3) is 0.417. The zero-order valence-corrected chi connectivity index (χ0v) is 10.1. The van der Waals surface area contributed by atoms with Gasteiger partial charge in [0.25, 0.3) is 0 Å². The third kappa shape index (κ3) is 2.33.